The molecule has 0 spiro atoms. The molecular formula is C24H49NaO4S. The van der Waals surface area contributed by atoms with Crippen molar-refractivity contribution in [1.29, 1.82) is 0 Å². The molecule has 0 saturated heterocycles. The van der Waals surface area contributed by atoms with Crippen LogP contribution in [-0.4, -0.2) is 29.4 Å². The van der Waals surface area contributed by atoms with Crippen LogP contribution >= 0.6 is 0 Å². The van der Waals surface area contributed by atoms with E-state index in [0.717, 1.165) is 38.5 Å². The molecule has 1 N–H and O–H groups in total. The third-order valence-corrected chi connectivity index (χ3v) is 7.29. The summed E-state index contributed by atoms with van der Waals surface area (Å²) in [6, 6.07) is 0. The summed E-state index contributed by atoms with van der Waals surface area (Å²) in [7, 11) is -4.42. The van der Waals surface area contributed by atoms with Crippen molar-refractivity contribution in [1.82, 2.24) is 0 Å². The molecule has 0 aliphatic heterocycles. The van der Waals surface area contributed by atoms with E-state index >= 15 is 0 Å². The summed E-state index contributed by atoms with van der Waals surface area (Å²) in [5, 5.41) is 9.09. The van der Waals surface area contributed by atoms with E-state index in [-0.39, 0.29) is 29.6 Å². The molecule has 0 aliphatic carbocycles. The van der Waals surface area contributed by atoms with Crippen LogP contribution in [-0.2, 0) is 10.1 Å². The average molecular weight is 457 g/mol. The van der Waals surface area contributed by atoms with Gasteiger partial charge in [0, 0.05) is 0 Å². The fourth-order valence-corrected chi connectivity index (χ4v) is 5.01. The summed E-state index contributed by atoms with van der Waals surface area (Å²) in [5.41, 5.74) is 0. The maximum Gasteiger partial charge on any atom is 1.00 e. The number of hydrogen-bond acceptors (Lipinski definition) is 4. The standard InChI is InChI=1S/C24H50O4S.Na/c1-3-5-7-9-10-11-12-13-14-15-16-17-18-19-21-23(25)24(29(26,27)28)22-20-8-6-4-2;/h23-25H,3-22H2,1-2H3,(H,26,27,28);/q;+1/p-1. The van der Waals surface area contributed by atoms with Gasteiger partial charge in [-0.1, -0.05) is 129 Å². The monoisotopic (exact) mass is 456 g/mol. The quantitative estimate of drug-likeness (QED) is 0.151. The number of aliphatic hydroxyl groups is 1. The van der Waals surface area contributed by atoms with Crippen LogP contribution in [0.2, 0.25) is 0 Å². The van der Waals surface area contributed by atoms with Crippen molar-refractivity contribution in [3.8, 4) is 0 Å². The third-order valence-electron chi connectivity index (χ3n) is 6.00. The first-order valence-electron chi connectivity index (χ1n) is 12.6. The van der Waals surface area contributed by atoms with E-state index in [9.17, 15) is 18.1 Å². The average Bonchev–Trinajstić information content (AvgIpc) is 2.67. The number of rotatable bonds is 22. The van der Waals surface area contributed by atoms with E-state index < -0.39 is 21.5 Å². The van der Waals surface area contributed by atoms with Gasteiger partial charge in [0.1, 0.15) is 10.1 Å². The molecule has 2 atom stereocenters. The smallest absolute Gasteiger partial charge is 0.748 e. The van der Waals surface area contributed by atoms with E-state index in [2.05, 4.69) is 13.8 Å². The Bertz CT molecular complexity index is 442. The van der Waals surface area contributed by atoms with Crippen molar-refractivity contribution in [3.05, 3.63) is 0 Å². The van der Waals surface area contributed by atoms with Crippen molar-refractivity contribution in [2.75, 3.05) is 0 Å². The summed E-state index contributed by atoms with van der Waals surface area (Å²) in [6.45, 7) is 4.34. The summed E-state index contributed by atoms with van der Waals surface area (Å²) >= 11 is 0. The van der Waals surface area contributed by atoms with Gasteiger partial charge in [0.2, 0.25) is 0 Å². The van der Waals surface area contributed by atoms with Crippen molar-refractivity contribution in [3.63, 3.8) is 0 Å². The number of hydrogen-bond donors (Lipinski definition) is 1. The van der Waals surface area contributed by atoms with Gasteiger partial charge in [-0.15, -0.1) is 0 Å². The van der Waals surface area contributed by atoms with Gasteiger partial charge in [-0.05, 0) is 12.8 Å². The molecule has 0 aromatic rings. The van der Waals surface area contributed by atoms with E-state index in [1.807, 2.05) is 0 Å². The van der Waals surface area contributed by atoms with Crippen LogP contribution in [0, 0.1) is 0 Å². The van der Waals surface area contributed by atoms with Crippen LogP contribution in [0.5, 0.6) is 0 Å². The van der Waals surface area contributed by atoms with Crippen LogP contribution in [0.3, 0.4) is 0 Å². The molecule has 0 aliphatic rings. The summed E-state index contributed by atoms with van der Waals surface area (Å²) in [6.07, 6.45) is 21.2. The first-order valence-corrected chi connectivity index (χ1v) is 14.0. The van der Waals surface area contributed by atoms with Gasteiger partial charge < -0.3 is 9.66 Å². The van der Waals surface area contributed by atoms with Gasteiger partial charge in [0.05, 0.1) is 11.4 Å². The van der Waals surface area contributed by atoms with Crippen molar-refractivity contribution in [2.45, 2.75) is 154 Å². The molecule has 0 bridgehead atoms. The maximum absolute atomic E-state index is 11.5. The van der Waals surface area contributed by atoms with E-state index in [4.69, 9.17) is 0 Å². The fourth-order valence-electron chi connectivity index (χ4n) is 4.04. The summed E-state index contributed by atoms with van der Waals surface area (Å²) in [5.74, 6) is 0. The van der Waals surface area contributed by atoms with Crippen molar-refractivity contribution < 1.29 is 47.6 Å². The van der Waals surface area contributed by atoms with Crippen LogP contribution in [0.25, 0.3) is 0 Å². The molecule has 2 unspecified atom stereocenters. The topological polar surface area (TPSA) is 77.4 Å². The second-order valence-corrected chi connectivity index (χ2v) is 10.4. The zero-order valence-corrected chi connectivity index (χ0v) is 23.2. The first kappa shape index (κ1) is 33.0. The summed E-state index contributed by atoms with van der Waals surface area (Å²) in [4.78, 5) is 0. The Morgan fingerprint density at radius 2 is 0.900 bits per heavy atom. The van der Waals surface area contributed by atoms with Gasteiger partial charge in [-0.2, -0.15) is 0 Å². The molecule has 0 fully saturated rings. The molecular weight excluding hydrogens is 407 g/mol. The van der Waals surface area contributed by atoms with E-state index in [1.54, 1.807) is 0 Å². The number of aliphatic hydroxyl groups excluding tert-OH is 1. The van der Waals surface area contributed by atoms with Gasteiger partial charge >= 0.3 is 29.6 Å². The zero-order chi connectivity index (χ0) is 21.8. The molecule has 176 valence electrons. The normalized spacial score (nSPS) is 13.7. The molecule has 0 rings (SSSR count). The SMILES string of the molecule is CCCCCCCCCCCCCCCCC(O)C(CCCCCC)S(=O)(=O)[O-].[Na+]. The molecule has 0 amide bonds. The van der Waals surface area contributed by atoms with Crippen LogP contribution in [0.1, 0.15) is 142 Å². The predicted molar refractivity (Wildman–Crippen MR) is 123 cm³/mol. The summed E-state index contributed by atoms with van der Waals surface area (Å²) < 4.78 is 34.4. The maximum atomic E-state index is 11.5. The Kier molecular flexibility index (Phi) is 25.4. The minimum absolute atomic E-state index is 0. The second kappa shape index (κ2) is 23.0. The largest absolute Gasteiger partial charge is 1.00 e. The second-order valence-electron chi connectivity index (χ2n) is 8.83. The fraction of sp³-hybridized carbons (Fsp3) is 1.00. The van der Waals surface area contributed by atoms with E-state index in [1.165, 1.54) is 70.6 Å². The van der Waals surface area contributed by atoms with Crippen LogP contribution < -0.4 is 29.6 Å². The van der Waals surface area contributed by atoms with Gasteiger partial charge in [-0.25, -0.2) is 8.42 Å². The Morgan fingerprint density at radius 1 is 0.600 bits per heavy atom. The van der Waals surface area contributed by atoms with Gasteiger partial charge in [-0.3, -0.25) is 0 Å². The first-order chi connectivity index (χ1) is 13.9. The van der Waals surface area contributed by atoms with Gasteiger partial charge in [0.25, 0.3) is 0 Å². The van der Waals surface area contributed by atoms with Crippen LogP contribution in [0.15, 0.2) is 0 Å². The predicted octanol–water partition coefficient (Wildman–Crippen LogP) is 4.11. The van der Waals surface area contributed by atoms with Crippen LogP contribution in [0.4, 0.5) is 0 Å². The zero-order valence-electron chi connectivity index (χ0n) is 20.4. The third kappa shape index (κ3) is 20.8. The molecule has 0 radical (unpaired) electrons. The number of unbranched alkanes of at least 4 members (excludes halogenated alkanes) is 16. The minimum Gasteiger partial charge on any atom is -0.748 e. The Labute approximate surface area is 210 Å². The Balaban J connectivity index is 0. The van der Waals surface area contributed by atoms with Crippen molar-refractivity contribution >= 4 is 10.1 Å². The molecule has 0 heterocycles. The Morgan fingerprint density at radius 3 is 1.27 bits per heavy atom. The van der Waals surface area contributed by atoms with E-state index in [0.29, 0.717) is 19.3 Å². The molecule has 0 saturated carbocycles. The van der Waals surface area contributed by atoms with Gasteiger partial charge in [0.15, 0.2) is 0 Å². The molecule has 6 heteroatoms. The molecule has 0 aromatic carbocycles. The molecule has 0 aromatic heterocycles. The van der Waals surface area contributed by atoms with Crippen molar-refractivity contribution in [2.24, 2.45) is 0 Å². The minimum atomic E-state index is -4.42. The molecule has 30 heavy (non-hydrogen) atoms. The molecule has 4 nitrogen and oxygen atoms in total. The Hall–Kier alpha value is 0.870.